The van der Waals surface area contributed by atoms with Crippen molar-refractivity contribution < 1.29 is 19.1 Å². The number of nitrogens with zero attached hydrogens (tertiary/aromatic N) is 1. The van der Waals surface area contributed by atoms with Crippen molar-refractivity contribution in [3.63, 3.8) is 0 Å². The molecule has 154 valence electrons. The molecule has 0 saturated heterocycles. The number of ketones is 1. The zero-order valence-corrected chi connectivity index (χ0v) is 17.1. The van der Waals surface area contributed by atoms with Crippen LogP contribution >= 0.6 is 0 Å². The molecule has 1 aromatic heterocycles. The molecule has 3 aromatic rings. The van der Waals surface area contributed by atoms with Crippen LogP contribution in [0.1, 0.15) is 40.7 Å². The zero-order valence-electron chi connectivity index (χ0n) is 17.1. The van der Waals surface area contributed by atoms with Crippen LogP contribution in [0.2, 0.25) is 0 Å². The van der Waals surface area contributed by atoms with Gasteiger partial charge in [-0.1, -0.05) is 31.2 Å². The highest BCUT2D eigenvalue weighted by Gasteiger charge is 2.36. The highest BCUT2D eigenvalue weighted by molar-refractivity contribution is 6.08. The summed E-state index contributed by atoms with van der Waals surface area (Å²) in [6.07, 6.45) is 0.969. The molecule has 1 atom stereocenters. The van der Waals surface area contributed by atoms with E-state index in [0.29, 0.717) is 34.1 Å². The Hall–Kier alpha value is -3.61. The summed E-state index contributed by atoms with van der Waals surface area (Å²) in [6.45, 7) is 2.06. The van der Waals surface area contributed by atoms with Gasteiger partial charge in [-0.2, -0.15) is 5.10 Å². The summed E-state index contributed by atoms with van der Waals surface area (Å²) < 4.78 is 10.7. The van der Waals surface area contributed by atoms with Crippen molar-refractivity contribution in [1.29, 1.82) is 0 Å². The molecule has 0 bridgehead atoms. The Kier molecular flexibility index (Phi) is 5.27. The second kappa shape index (κ2) is 8.02. The van der Waals surface area contributed by atoms with Crippen LogP contribution in [0, 0.1) is 0 Å². The van der Waals surface area contributed by atoms with Gasteiger partial charge in [-0.05, 0) is 30.2 Å². The molecule has 7 heteroatoms. The van der Waals surface area contributed by atoms with Crippen LogP contribution in [0.15, 0.2) is 42.5 Å². The molecule has 0 radical (unpaired) electrons. The van der Waals surface area contributed by atoms with E-state index in [1.807, 2.05) is 36.4 Å². The number of rotatable bonds is 6. The van der Waals surface area contributed by atoms with Crippen molar-refractivity contribution in [3.8, 4) is 22.8 Å². The predicted octanol–water partition coefficient (Wildman–Crippen LogP) is 3.97. The lowest BCUT2D eigenvalue weighted by molar-refractivity contribution is -0.116. The molecule has 2 N–H and O–H groups in total. The van der Waals surface area contributed by atoms with E-state index in [2.05, 4.69) is 22.4 Å². The molecule has 2 heterocycles. The minimum atomic E-state index is -0.622. The monoisotopic (exact) mass is 405 g/mol. The molecule has 2 aromatic carbocycles. The summed E-state index contributed by atoms with van der Waals surface area (Å²) in [5.41, 5.74) is 3.89. The number of aromatic nitrogens is 2. The Bertz CT molecular complexity index is 1100. The van der Waals surface area contributed by atoms with Gasteiger partial charge in [0, 0.05) is 23.1 Å². The van der Waals surface area contributed by atoms with Gasteiger partial charge in [-0.25, -0.2) is 0 Å². The van der Waals surface area contributed by atoms with E-state index < -0.39 is 5.92 Å². The summed E-state index contributed by atoms with van der Waals surface area (Å²) in [4.78, 5) is 25.6. The lowest BCUT2D eigenvalue weighted by atomic mass is 9.84. The van der Waals surface area contributed by atoms with Crippen LogP contribution in [0.5, 0.6) is 11.5 Å². The maximum atomic E-state index is 13.3. The molecular weight excluding hydrogens is 382 g/mol. The Labute approximate surface area is 174 Å². The summed E-state index contributed by atoms with van der Waals surface area (Å²) in [5, 5.41) is 10.0. The number of carbonyl (C=O) groups excluding carboxylic acids is 2. The minimum absolute atomic E-state index is 0.0706. The van der Waals surface area contributed by atoms with Crippen LogP contribution < -0.4 is 14.8 Å². The van der Waals surface area contributed by atoms with Crippen molar-refractivity contribution in [2.75, 3.05) is 19.5 Å². The molecule has 1 unspecified atom stereocenters. The number of aromatic amines is 1. The molecule has 30 heavy (non-hydrogen) atoms. The van der Waals surface area contributed by atoms with Crippen LogP contribution in [0.25, 0.3) is 11.3 Å². The van der Waals surface area contributed by atoms with E-state index in [9.17, 15) is 9.59 Å². The third-order valence-electron chi connectivity index (χ3n) is 5.44. The van der Waals surface area contributed by atoms with Crippen molar-refractivity contribution in [2.24, 2.45) is 0 Å². The fourth-order valence-electron chi connectivity index (χ4n) is 3.80. The third-order valence-corrected chi connectivity index (χ3v) is 5.44. The van der Waals surface area contributed by atoms with Gasteiger partial charge in [0.15, 0.2) is 23.1 Å². The van der Waals surface area contributed by atoms with E-state index >= 15 is 0 Å². The molecule has 0 saturated carbocycles. The van der Waals surface area contributed by atoms with Gasteiger partial charge in [0.1, 0.15) is 0 Å². The molecular formula is C23H23N3O4. The van der Waals surface area contributed by atoms with Crippen molar-refractivity contribution in [1.82, 2.24) is 10.2 Å². The Morgan fingerprint density at radius 2 is 1.83 bits per heavy atom. The fourth-order valence-corrected chi connectivity index (χ4v) is 3.80. The van der Waals surface area contributed by atoms with Gasteiger partial charge >= 0.3 is 0 Å². The number of fused-ring (bicyclic) bond motifs is 1. The number of aryl methyl sites for hydroxylation is 1. The number of amides is 1. The van der Waals surface area contributed by atoms with Gasteiger partial charge in [-0.3, -0.25) is 14.7 Å². The number of hydrogen-bond donors (Lipinski definition) is 2. The lowest BCUT2D eigenvalue weighted by Gasteiger charge is -2.22. The molecule has 0 spiro atoms. The number of hydrogen-bond acceptors (Lipinski definition) is 5. The average Bonchev–Trinajstić information content (AvgIpc) is 3.21. The first-order valence-electron chi connectivity index (χ1n) is 9.79. The predicted molar refractivity (Wildman–Crippen MR) is 113 cm³/mol. The number of anilines is 1. The number of nitrogens with one attached hydrogen (secondary N) is 2. The summed E-state index contributed by atoms with van der Waals surface area (Å²) >= 11 is 0. The van der Waals surface area contributed by atoms with Crippen molar-refractivity contribution in [3.05, 3.63) is 59.2 Å². The smallest absolute Gasteiger partial charge is 0.226 e. The van der Waals surface area contributed by atoms with Crippen LogP contribution in [-0.2, 0) is 11.2 Å². The molecule has 7 nitrogen and oxygen atoms in total. The van der Waals surface area contributed by atoms with Gasteiger partial charge in [-0.15, -0.1) is 0 Å². The Balaban J connectivity index is 1.78. The fraction of sp³-hybridized carbons (Fsp3) is 0.261. The first-order chi connectivity index (χ1) is 14.5. The largest absolute Gasteiger partial charge is 0.493 e. The summed E-state index contributed by atoms with van der Waals surface area (Å²) in [6, 6.07) is 13.0. The number of ether oxygens (including phenoxy) is 2. The SMILES string of the molecule is CCc1ccc(C(=O)C2CC(=O)Nc3n[nH]c(-c4ccc(OC)c(OC)c4)c32)cc1. The van der Waals surface area contributed by atoms with Gasteiger partial charge in [0.2, 0.25) is 5.91 Å². The second-order valence-corrected chi connectivity index (χ2v) is 7.15. The highest BCUT2D eigenvalue weighted by atomic mass is 16.5. The molecule has 1 aliphatic rings. The molecule has 0 fully saturated rings. The first kappa shape index (κ1) is 19.7. The van der Waals surface area contributed by atoms with Crippen molar-refractivity contribution >= 4 is 17.5 Å². The standard InChI is InChI=1S/C23H23N3O4/c1-4-13-5-7-14(8-6-13)22(28)16-12-19(27)24-23-20(16)21(25-26-23)15-9-10-17(29-2)18(11-15)30-3/h5-11,16H,4,12H2,1-3H3,(H2,24,25,26,27). The van der Waals surface area contributed by atoms with E-state index in [4.69, 9.17) is 9.47 Å². The lowest BCUT2D eigenvalue weighted by Crippen LogP contribution is -2.27. The number of Topliss-reactive ketones (excluding diaryl/α,β-unsaturated/α-hetero) is 1. The van der Waals surface area contributed by atoms with Gasteiger partial charge < -0.3 is 14.8 Å². The Morgan fingerprint density at radius 3 is 2.50 bits per heavy atom. The minimum Gasteiger partial charge on any atom is -0.493 e. The number of carbonyl (C=O) groups is 2. The topological polar surface area (TPSA) is 93.3 Å². The van der Waals surface area contributed by atoms with E-state index in [0.717, 1.165) is 17.5 Å². The number of H-pyrrole nitrogens is 1. The molecule has 1 amide bonds. The van der Waals surface area contributed by atoms with Crippen LogP contribution in [0.4, 0.5) is 5.82 Å². The van der Waals surface area contributed by atoms with Crippen LogP contribution in [0.3, 0.4) is 0 Å². The van der Waals surface area contributed by atoms with E-state index in [1.165, 1.54) is 0 Å². The average molecular weight is 405 g/mol. The maximum Gasteiger partial charge on any atom is 0.226 e. The van der Waals surface area contributed by atoms with Gasteiger partial charge in [0.05, 0.1) is 25.8 Å². The number of methoxy groups -OCH3 is 2. The molecule has 4 rings (SSSR count). The highest BCUT2D eigenvalue weighted by Crippen LogP contribution is 2.41. The van der Waals surface area contributed by atoms with Gasteiger partial charge in [0.25, 0.3) is 0 Å². The van der Waals surface area contributed by atoms with E-state index in [1.54, 1.807) is 20.3 Å². The summed E-state index contributed by atoms with van der Waals surface area (Å²) in [5.74, 6) is 0.610. The maximum absolute atomic E-state index is 13.3. The quantitative estimate of drug-likeness (QED) is 0.606. The molecule has 1 aliphatic heterocycles. The normalized spacial score (nSPS) is 15.3. The number of benzene rings is 2. The molecule has 0 aliphatic carbocycles. The zero-order chi connectivity index (χ0) is 21.3. The van der Waals surface area contributed by atoms with Crippen LogP contribution in [-0.4, -0.2) is 36.1 Å². The third kappa shape index (κ3) is 3.43. The first-order valence-corrected chi connectivity index (χ1v) is 9.79. The van der Waals surface area contributed by atoms with Crippen molar-refractivity contribution in [2.45, 2.75) is 25.7 Å². The summed E-state index contributed by atoms with van der Waals surface area (Å²) in [7, 11) is 3.14. The second-order valence-electron chi connectivity index (χ2n) is 7.15. The Morgan fingerprint density at radius 1 is 1.10 bits per heavy atom. The van der Waals surface area contributed by atoms with E-state index in [-0.39, 0.29) is 18.1 Å².